The number of anilines is 1. The highest BCUT2D eigenvalue weighted by Gasteiger charge is 2.22. The molecule has 21 heavy (non-hydrogen) atoms. The predicted molar refractivity (Wildman–Crippen MR) is 74.1 cm³/mol. The van der Waals surface area contributed by atoms with Gasteiger partial charge in [-0.1, -0.05) is 32.1 Å². The topological polar surface area (TPSA) is 55.1 Å². The van der Waals surface area contributed by atoms with Crippen molar-refractivity contribution in [3.63, 3.8) is 0 Å². The van der Waals surface area contributed by atoms with Gasteiger partial charge in [-0.3, -0.25) is 4.79 Å². The Morgan fingerprint density at radius 3 is 2.33 bits per heavy atom. The quantitative estimate of drug-likeness (QED) is 0.838. The van der Waals surface area contributed by atoms with Crippen molar-refractivity contribution in [2.75, 3.05) is 5.32 Å². The normalized spacial score (nSPS) is 17.5. The van der Waals surface area contributed by atoms with Crippen molar-refractivity contribution in [3.05, 3.63) is 29.6 Å². The Labute approximate surface area is 121 Å². The maximum absolute atomic E-state index is 13.1. The molecule has 1 aliphatic carbocycles. The van der Waals surface area contributed by atoms with E-state index in [9.17, 15) is 18.0 Å². The molecule has 116 valence electrons. The molecule has 0 aromatic heterocycles. The van der Waals surface area contributed by atoms with Crippen LogP contribution in [0.2, 0.25) is 0 Å². The molecule has 1 saturated carbocycles. The third-order valence-electron chi connectivity index (χ3n) is 3.90. The Bertz CT molecular complexity index is 493. The summed E-state index contributed by atoms with van der Waals surface area (Å²) in [6.07, 6.45) is 6.17. The molecule has 0 saturated heterocycles. The van der Waals surface area contributed by atoms with Gasteiger partial charge in [0, 0.05) is 17.8 Å². The first-order chi connectivity index (χ1) is 9.97. The first-order valence-corrected chi connectivity index (χ1v) is 7.18. The Morgan fingerprint density at radius 1 is 1.19 bits per heavy atom. The van der Waals surface area contributed by atoms with Crippen molar-refractivity contribution in [2.24, 2.45) is 11.7 Å². The number of nitrogens with one attached hydrogen (secondary N) is 1. The molecule has 3 N–H and O–H groups in total. The Hall–Kier alpha value is -1.56. The van der Waals surface area contributed by atoms with Crippen LogP contribution in [0.15, 0.2) is 12.1 Å². The third-order valence-corrected chi connectivity index (χ3v) is 3.90. The molecule has 1 aliphatic rings. The number of benzene rings is 1. The van der Waals surface area contributed by atoms with Crippen LogP contribution >= 0.6 is 0 Å². The molecular formula is C15H19F3N2O. The molecule has 1 amide bonds. The number of amides is 1. The van der Waals surface area contributed by atoms with Crippen LogP contribution in [-0.4, -0.2) is 11.9 Å². The van der Waals surface area contributed by atoms with Gasteiger partial charge in [-0.2, -0.15) is 0 Å². The molecule has 0 aliphatic heterocycles. The van der Waals surface area contributed by atoms with Crippen LogP contribution in [0.4, 0.5) is 18.9 Å². The molecule has 3 nitrogen and oxygen atoms in total. The first kappa shape index (κ1) is 15.8. The molecule has 2 rings (SSSR count). The Balaban J connectivity index is 1.94. The van der Waals surface area contributed by atoms with Crippen LogP contribution in [0.3, 0.4) is 0 Å². The molecule has 1 fully saturated rings. The second-order valence-electron chi connectivity index (χ2n) is 5.59. The lowest BCUT2D eigenvalue weighted by molar-refractivity contribution is -0.117. The van der Waals surface area contributed by atoms with E-state index >= 15 is 0 Å². The van der Waals surface area contributed by atoms with Crippen molar-refractivity contribution in [2.45, 2.75) is 44.6 Å². The number of rotatable bonds is 4. The Kier molecular flexibility index (Phi) is 5.22. The molecule has 1 aromatic rings. The SMILES string of the molecule is NC(CC1CCCCC1)C(=O)Nc1cc(F)c(F)c(F)c1. The fourth-order valence-corrected chi connectivity index (χ4v) is 2.75. The summed E-state index contributed by atoms with van der Waals surface area (Å²) in [5, 5.41) is 2.33. The number of halogens is 3. The highest BCUT2D eigenvalue weighted by molar-refractivity contribution is 5.94. The van der Waals surface area contributed by atoms with Crippen LogP contribution in [0.1, 0.15) is 38.5 Å². The van der Waals surface area contributed by atoms with E-state index in [-0.39, 0.29) is 5.69 Å². The van der Waals surface area contributed by atoms with E-state index in [2.05, 4.69) is 5.32 Å². The summed E-state index contributed by atoms with van der Waals surface area (Å²) in [6.45, 7) is 0. The molecule has 1 unspecified atom stereocenters. The summed E-state index contributed by atoms with van der Waals surface area (Å²) in [5.41, 5.74) is 5.70. The van der Waals surface area contributed by atoms with E-state index in [1.165, 1.54) is 6.42 Å². The lowest BCUT2D eigenvalue weighted by Crippen LogP contribution is -2.37. The minimum atomic E-state index is -1.56. The van der Waals surface area contributed by atoms with Crippen molar-refractivity contribution >= 4 is 11.6 Å². The van der Waals surface area contributed by atoms with E-state index in [0.717, 1.165) is 37.8 Å². The zero-order chi connectivity index (χ0) is 15.4. The molecule has 1 aromatic carbocycles. The summed E-state index contributed by atoms with van der Waals surface area (Å²) in [5.74, 6) is -4.33. The van der Waals surface area contributed by atoms with Crippen molar-refractivity contribution in [3.8, 4) is 0 Å². The summed E-state index contributed by atoms with van der Waals surface area (Å²) in [7, 11) is 0. The van der Waals surface area contributed by atoms with Crippen LogP contribution < -0.4 is 11.1 Å². The van der Waals surface area contributed by atoms with Crippen LogP contribution in [0.25, 0.3) is 0 Å². The summed E-state index contributed by atoms with van der Waals surface area (Å²) >= 11 is 0. The second kappa shape index (κ2) is 6.93. The van der Waals surface area contributed by atoms with Gasteiger partial charge in [-0.15, -0.1) is 0 Å². The van der Waals surface area contributed by atoms with Gasteiger partial charge in [0.2, 0.25) is 5.91 Å². The minimum Gasteiger partial charge on any atom is -0.325 e. The van der Waals surface area contributed by atoms with E-state index in [0.29, 0.717) is 12.3 Å². The molecule has 1 atom stereocenters. The molecule has 0 spiro atoms. The fraction of sp³-hybridized carbons (Fsp3) is 0.533. The summed E-state index contributed by atoms with van der Waals surface area (Å²) in [6, 6.07) is 0.747. The largest absolute Gasteiger partial charge is 0.325 e. The highest BCUT2D eigenvalue weighted by Crippen LogP contribution is 2.27. The van der Waals surface area contributed by atoms with Gasteiger partial charge >= 0.3 is 0 Å². The van der Waals surface area contributed by atoms with Gasteiger partial charge in [0.1, 0.15) is 0 Å². The minimum absolute atomic E-state index is 0.129. The van der Waals surface area contributed by atoms with Crippen LogP contribution in [0.5, 0.6) is 0 Å². The summed E-state index contributed by atoms with van der Waals surface area (Å²) < 4.78 is 39.0. The van der Waals surface area contributed by atoms with Crippen molar-refractivity contribution in [1.82, 2.24) is 0 Å². The van der Waals surface area contributed by atoms with Gasteiger partial charge in [0.05, 0.1) is 6.04 Å². The van der Waals surface area contributed by atoms with Crippen molar-refractivity contribution in [1.29, 1.82) is 0 Å². The Morgan fingerprint density at radius 2 is 1.76 bits per heavy atom. The number of hydrogen-bond acceptors (Lipinski definition) is 2. The number of carbonyl (C=O) groups is 1. The van der Waals surface area contributed by atoms with E-state index < -0.39 is 29.4 Å². The summed E-state index contributed by atoms with van der Waals surface area (Å²) in [4.78, 5) is 11.9. The van der Waals surface area contributed by atoms with E-state index in [1.807, 2.05) is 0 Å². The first-order valence-electron chi connectivity index (χ1n) is 7.18. The monoisotopic (exact) mass is 300 g/mol. The lowest BCUT2D eigenvalue weighted by atomic mass is 9.85. The molecule has 0 radical (unpaired) electrons. The average Bonchev–Trinajstić information content (AvgIpc) is 2.45. The molecule has 0 heterocycles. The zero-order valence-corrected chi connectivity index (χ0v) is 11.7. The average molecular weight is 300 g/mol. The van der Waals surface area contributed by atoms with Gasteiger partial charge in [-0.05, 0) is 12.3 Å². The van der Waals surface area contributed by atoms with E-state index in [4.69, 9.17) is 5.73 Å². The maximum Gasteiger partial charge on any atom is 0.241 e. The lowest BCUT2D eigenvalue weighted by Gasteiger charge is -2.24. The van der Waals surface area contributed by atoms with Gasteiger partial charge in [0.15, 0.2) is 17.5 Å². The predicted octanol–water partition coefficient (Wildman–Crippen LogP) is 3.34. The number of hydrogen-bond donors (Lipinski definition) is 2. The molecule has 6 heteroatoms. The fourth-order valence-electron chi connectivity index (χ4n) is 2.75. The van der Waals surface area contributed by atoms with Gasteiger partial charge in [-0.25, -0.2) is 13.2 Å². The van der Waals surface area contributed by atoms with Crippen molar-refractivity contribution < 1.29 is 18.0 Å². The van der Waals surface area contributed by atoms with E-state index in [1.54, 1.807) is 0 Å². The third kappa shape index (κ3) is 4.20. The number of carbonyl (C=O) groups excluding carboxylic acids is 1. The highest BCUT2D eigenvalue weighted by atomic mass is 19.2. The standard InChI is InChI=1S/C15H19F3N2O/c16-11-7-10(8-12(17)14(11)18)20-15(21)13(19)6-9-4-2-1-3-5-9/h7-9,13H,1-6,19H2,(H,20,21). The second-order valence-corrected chi connectivity index (χ2v) is 5.59. The van der Waals surface area contributed by atoms with Gasteiger partial charge < -0.3 is 11.1 Å². The van der Waals surface area contributed by atoms with Crippen LogP contribution in [0, 0.1) is 23.4 Å². The van der Waals surface area contributed by atoms with Gasteiger partial charge in [0.25, 0.3) is 0 Å². The molecular weight excluding hydrogens is 281 g/mol. The smallest absolute Gasteiger partial charge is 0.241 e. The molecule has 0 bridgehead atoms. The maximum atomic E-state index is 13.1. The zero-order valence-electron chi connectivity index (χ0n) is 11.7. The van der Waals surface area contributed by atoms with Crippen LogP contribution in [-0.2, 0) is 4.79 Å². The number of nitrogens with two attached hydrogens (primary N) is 1.